The second-order valence-corrected chi connectivity index (χ2v) is 3.67. The van der Waals surface area contributed by atoms with E-state index in [9.17, 15) is 0 Å². The molecule has 1 aliphatic heterocycles. The summed E-state index contributed by atoms with van der Waals surface area (Å²) in [6, 6.07) is 6.04. The van der Waals surface area contributed by atoms with E-state index in [1.54, 1.807) is 0 Å². The van der Waals surface area contributed by atoms with Gasteiger partial charge in [-0.05, 0) is 28.5 Å². The van der Waals surface area contributed by atoms with Crippen molar-refractivity contribution >= 4 is 16.7 Å². The Kier molecular flexibility index (Phi) is 2.03. The zero-order valence-corrected chi connectivity index (χ0v) is 8.31. The van der Waals surface area contributed by atoms with Crippen LogP contribution in [-0.4, -0.2) is 36.5 Å². The Bertz CT molecular complexity index is 461. The summed E-state index contributed by atoms with van der Waals surface area (Å²) in [7, 11) is 0. The number of anilines is 1. The van der Waals surface area contributed by atoms with Gasteiger partial charge in [-0.1, -0.05) is 0 Å². The zero-order valence-electron chi connectivity index (χ0n) is 8.31. The van der Waals surface area contributed by atoms with E-state index in [4.69, 9.17) is 0 Å². The van der Waals surface area contributed by atoms with Gasteiger partial charge in [0.1, 0.15) is 11.0 Å². The molecule has 1 aliphatic rings. The lowest BCUT2D eigenvalue weighted by Gasteiger charge is -2.29. The zero-order chi connectivity index (χ0) is 10.1. The number of aromatic nitrogens is 2. The highest BCUT2D eigenvalue weighted by molar-refractivity contribution is 5.77. The Morgan fingerprint density at radius 1 is 1.13 bits per heavy atom. The molecular weight excluding hydrogens is 192 g/mol. The molecule has 0 atom stereocenters. The van der Waals surface area contributed by atoms with Crippen LogP contribution in [0.3, 0.4) is 0 Å². The van der Waals surface area contributed by atoms with Crippen molar-refractivity contribution in [3.63, 3.8) is 0 Å². The Labute approximate surface area is 87.0 Å². The summed E-state index contributed by atoms with van der Waals surface area (Å²) in [5.41, 5.74) is 2.83. The van der Waals surface area contributed by atoms with E-state index in [0.717, 1.165) is 37.2 Å². The fourth-order valence-corrected chi connectivity index (χ4v) is 1.89. The Morgan fingerprint density at radius 2 is 1.93 bits per heavy atom. The quantitative estimate of drug-likeness (QED) is 0.738. The molecule has 0 radical (unpaired) electrons. The molecular formula is C10H12N4O. The van der Waals surface area contributed by atoms with Gasteiger partial charge >= 0.3 is 0 Å². The minimum atomic E-state index is 0.814. The molecule has 0 aliphatic carbocycles. The van der Waals surface area contributed by atoms with Crippen LogP contribution >= 0.6 is 0 Å². The van der Waals surface area contributed by atoms with Gasteiger partial charge in [0.25, 0.3) is 0 Å². The van der Waals surface area contributed by atoms with Crippen LogP contribution in [0, 0.1) is 0 Å². The molecule has 5 heteroatoms. The van der Waals surface area contributed by atoms with Crippen molar-refractivity contribution < 1.29 is 4.63 Å². The molecule has 2 heterocycles. The summed E-state index contributed by atoms with van der Waals surface area (Å²) in [5, 5.41) is 11.0. The van der Waals surface area contributed by atoms with Crippen molar-refractivity contribution in [1.82, 2.24) is 15.6 Å². The lowest BCUT2D eigenvalue weighted by Crippen LogP contribution is -2.43. The predicted molar refractivity (Wildman–Crippen MR) is 56.9 cm³/mol. The molecule has 0 spiro atoms. The van der Waals surface area contributed by atoms with Crippen molar-refractivity contribution in [2.24, 2.45) is 0 Å². The maximum absolute atomic E-state index is 4.68. The van der Waals surface area contributed by atoms with Crippen LogP contribution in [-0.2, 0) is 0 Å². The first-order valence-corrected chi connectivity index (χ1v) is 5.11. The molecule has 15 heavy (non-hydrogen) atoms. The molecule has 0 saturated carbocycles. The van der Waals surface area contributed by atoms with Crippen molar-refractivity contribution in [2.75, 3.05) is 31.1 Å². The maximum atomic E-state index is 4.68. The van der Waals surface area contributed by atoms with Gasteiger partial charge < -0.3 is 10.2 Å². The predicted octanol–water partition coefficient (Wildman–Crippen LogP) is 0.632. The molecule has 2 aromatic rings. The normalized spacial score (nSPS) is 17.2. The van der Waals surface area contributed by atoms with E-state index in [1.807, 2.05) is 12.1 Å². The van der Waals surface area contributed by atoms with Crippen molar-refractivity contribution in [3.05, 3.63) is 18.2 Å². The molecule has 1 aromatic heterocycles. The van der Waals surface area contributed by atoms with Crippen LogP contribution in [0.4, 0.5) is 5.69 Å². The summed E-state index contributed by atoms with van der Waals surface area (Å²) in [4.78, 5) is 2.34. The number of benzene rings is 1. The highest BCUT2D eigenvalue weighted by Gasteiger charge is 2.11. The second kappa shape index (κ2) is 3.51. The fraction of sp³-hybridized carbons (Fsp3) is 0.400. The van der Waals surface area contributed by atoms with E-state index in [2.05, 4.69) is 31.2 Å². The number of piperazine rings is 1. The third-order valence-electron chi connectivity index (χ3n) is 2.72. The fourth-order valence-electron chi connectivity index (χ4n) is 1.89. The standard InChI is InChI=1S/C10H12N4O/c1-2-9-10(13-15-12-9)7-8(1)14-5-3-11-4-6-14/h1-2,7,11H,3-6H2. The first kappa shape index (κ1) is 8.67. The molecule has 0 amide bonds. The summed E-state index contributed by atoms with van der Waals surface area (Å²) < 4.78 is 4.68. The molecule has 1 aromatic carbocycles. The molecule has 1 fully saturated rings. The highest BCUT2D eigenvalue weighted by Crippen LogP contribution is 2.19. The minimum Gasteiger partial charge on any atom is -0.369 e. The van der Waals surface area contributed by atoms with Gasteiger partial charge in [-0.3, -0.25) is 0 Å². The van der Waals surface area contributed by atoms with E-state index in [1.165, 1.54) is 5.69 Å². The monoisotopic (exact) mass is 204 g/mol. The smallest absolute Gasteiger partial charge is 0.137 e. The van der Waals surface area contributed by atoms with Gasteiger partial charge in [-0.2, -0.15) is 0 Å². The first-order valence-electron chi connectivity index (χ1n) is 5.11. The Hall–Kier alpha value is -1.62. The number of fused-ring (bicyclic) bond motifs is 1. The number of nitrogens with one attached hydrogen (secondary N) is 1. The Balaban J connectivity index is 1.95. The second-order valence-electron chi connectivity index (χ2n) is 3.67. The van der Waals surface area contributed by atoms with Crippen LogP contribution in [0.2, 0.25) is 0 Å². The third kappa shape index (κ3) is 1.55. The van der Waals surface area contributed by atoms with Crippen molar-refractivity contribution in [1.29, 1.82) is 0 Å². The van der Waals surface area contributed by atoms with Crippen LogP contribution in [0.1, 0.15) is 0 Å². The van der Waals surface area contributed by atoms with E-state index in [-0.39, 0.29) is 0 Å². The number of nitrogens with zero attached hydrogens (tertiary/aromatic N) is 3. The van der Waals surface area contributed by atoms with Gasteiger partial charge in [0, 0.05) is 31.9 Å². The van der Waals surface area contributed by atoms with E-state index in [0.29, 0.717) is 0 Å². The van der Waals surface area contributed by atoms with Crippen molar-refractivity contribution in [2.45, 2.75) is 0 Å². The summed E-state index contributed by atoms with van der Waals surface area (Å²) in [5.74, 6) is 0. The van der Waals surface area contributed by atoms with Crippen LogP contribution in [0.5, 0.6) is 0 Å². The Morgan fingerprint density at radius 3 is 2.80 bits per heavy atom. The molecule has 78 valence electrons. The minimum absolute atomic E-state index is 0.814. The average Bonchev–Trinajstić information content (AvgIpc) is 2.77. The van der Waals surface area contributed by atoms with Crippen LogP contribution in [0.25, 0.3) is 11.0 Å². The molecule has 0 bridgehead atoms. The first-order chi connectivity index (χ1) is 7.43. The number of hydrogen-bond donors (Lipinski definition) is 1. The van der Waals surface area contributed by atoms with E-state index < -0.39 is 0 Å². The molecule has 1 saturated heterocycles. The number of hydrogen-bond acceptors (Lipinski definition) is 5. The third-order valence-corrected chi connectivity index (χ3v) is 2.72. The summed E-state index contributed by atoms with van der Waals surface area (Å²) in [6.45, 7) is 4.15. The van der Waals surface area contributed by atoms with Gasteiger partial charge in [0.15, 0.2) is 0 Å². The molecule has 5 nitrogen and oxygen atoms in total. The summed E-state index contributed by atoms with van der Waals surface area (Å²) in [6.07, 6.45) is 0. The summed E-state index contributed by atoms with van der Waals surface area (Å²) >= 11 is 0. The van der Waals surface area contributed by atoms with Crippen LogP contribution < -0.4 is 10.2 Å². The SMILES string of the molecule is c1cc2nonc2cc1N1CCNCC1. The lowest BCUT2D eigenvalue weighted by atomic mass is 10.2. The molecule has 1 N–H and O–H groups in total. The largest absolute Gasteiger partial charge is 0.369 e. The van der Waals surface area contributed by atoms with Gasteiger partial charge in [-0.25, -0.2) is 4.63 Å². The van der Waals surface area contributed by atoms with Gasteiger partial charge in [-0.15, -0.1) is 0 Å². The lowest BCUT2D eigenvalue weighted by molar-refractivity contribution is 0.315. The van der Waals surface area contributed by atoms with Gasteiger partial charge in [0.05, 0.1) is 0 Å². The highest BCUT2D eigenvalue weighted by atomic mass is 16.6. The topological polar surface area (TPSA) is 54.2 Å². The molecule has 3 rings (SSSR count). The van der Waals surface area contributed by atoms with Crippen molar-refractivity contribution in [3.8, 4) is 0 Å². The average molecular weight is 204 g/mol. The molecule has 0 unspecified atom stereocenters. The van der Waals surface area contributed by atoms with Gasteiger partial charge in [0.2, 0.25) is 0 Å². The van der Waals surface area contributed by atoms with Crippen LogP contribution in [0.15, 0.2) is 22.8 Å². The number of rotatable bonds is 1. The maximum Gasteiger partial charge on any atom is 0.137 e. The van der Waals surface area contributed by atoms with E-state index >= 15 is 0 Å².